The van der Waals surface area contributed by atoms with Crippen molar-refractivity contribution in [3.8, 4) is 0 Å². The average Bonchev–Trinajstić information content (AvgIpc) is 2.41. The predicted molar refractivity (Wildman–Crippen MR) is 80.6 cm³/mol. The molecule has 2 rings (SSSR count). The van der Waals surface area contributed by atoms with Crippen molar-refractivity contribution in [2.75, 3.05) is 0 Å². The summed E-state index contributed by atoms with van der Waals surface area (Å²) in [5.41, 5.74) is 2.78. The summed E-state index contributed by atoms with van der Waals surface area (Å²) in [5, 5.41) is 10.4. The van der Waals surface area contributed by atoms with E-state index in [9.17, 15) is 9.50 Å². The van der Waals surface area contributed by atoms with Gasteiger partial charge in [0.05, 0.1) is 6.10 Å². The molecule has 1 N–H and O–H groups in total. The van der Waals surface area contributed by atoms with E-state index in [0.29, 0.717) is 17.0 Å². The fraction of sp³-hybridized carbons (Fsp3) is 0.294. The average molecular weight is 293 g/mol. The van der Waals surface area contributed by atoms with Crippen LogP contribution in [0.25, 0.3) is 0 Å². The molecule has 0 aliphatic rings. The highest BCUT2D eigenvalue weighted by molar-refractivity contribution is 6.31. The van der Waals surface area contributed by atoms with Crippen molar-refractivity contribution in [2.24, 2.45) is 0 Å². The molecule has 0 saturated heterocycles. The van der Waals surface area contributed by atoms with Gasteiger partial charge in [-0.05, 0) is 37.5 Å². The molecule has 3 heteroatoms. The highest BCUT2D eigenvalue weighted by Crippen LogP contribution is 2.21. The van der Waals surface area contributed by atoms with E-state index in [-0.39, 0.29) is 12.2 Å². The molecule has 106 valence electrons. The molecule has 0 aliphatic carbocycles. The highest BCUT2D eigenvalue weighted by atomic mass is 35.5. The van der Waals surface area contributed by atoms with Gasteiger partial charge in [0.15, 0.2) is 0 Å². The Bertz CT molecular complexity index is 563. The lowest BCUT2D eigenvalue weighted by Crippen LogP contribution is -2.13. The van der Waals surface area contributed by atoms with Crippen molar-refractivity contribution >= 4 is 11.6 Å². The molecule has 0 saturated carbocycles. The van der Waals surface area contributed by atoms with Gasteiger partial charge in [-0.3, -0.25) is 0 Å². The van der Waals surface area contributed by atoms with Crippen LogP contribution in [0.2, 0.25) is 5.02 Å². The van der Waals surface area contributed by atoms with Crippen LogP contribution >= 0.6 is 11.6 Å². The van der Waals surface area contributed by atoms with Gasteiger partial charge in [0.1, 0.15) is 5.82 Å². The van der Waals surface area contributed by atoms with Gasteiger partial charge in [-0.2, -0.15) is 0 Å². The van der Waals surface area contributed by atoms with Crippen molar-refractivity contribution in [2.45, 2.75) is 32.3 Å². The zero-order valence-corrected chi connectivity index (χ0v) is 12.2. The number of hydrogen-bond acceptors (Lipinski definition) is 1. The molecule has 20 heavy (non-hydrogen) atoms. The second-order valence-corrected chi connectivity index (χ2v) is 5.49. The molecule has 0 spiro atoms. The maximum Gasteiger partial charge on any atom is 0.127 e. The van der Waals surface area contributed by atoms with Gasteiger partial charge in [0.25, 0.3) is 0 Å². The Labute approximate surface area is 124 Å². The summed E-state index contributed by atoms with van der Waals surface area (Å²) in [5.74, 6) is -0.355. The lowest BCUT2D eigenvalue weighted by Gasteiger charge is -2.12. The first-order valence-corrected chi connectivity index (χ1v) is 7.10. The van der Waals surface area contributed by atoms with Crippen molar-refractivity contribution in [3.63, 3.8) is 0 Å². The van der Waals surface area contributed by atoms with Crippen LogP contribution in [0.1, 0.15) is 23.1 Å². The van der Waals surface area contributed by atoms with Crippen LogP contribution in [0.4, 0.5) is 4.39 Å². The molecule has 0 aromatic heterocycles. The Morgan fingerprint density at radius 2 is 1.95 bits per heavy atom. The summed E-state index contributed by atoms with van der Waals surface area (Å²) in [7, 11) is 0. The van der Waals surface area contributed by atoms with Crippen LogP contribution in [0.3, 0.4) is 0 Å². The van der Waals surface area contributed by atoms with Crippen molar-refractivity contribution < 1.29 is 9.50 Å². The largest absolute Gasteiger partial charge is 0.393 e. The van der Waals surface area contributed by atoms with Gasteiger partial charge in [0, 0.05) is 17.0 Å². The minimum atomic E-state index is -0.593. The lowest BCUT2D eigenvalue weighted by molar-refractivity contribution is 0.164. The van der Waals surface area contributed by atoms with Gasteiger partial charge < -0.3 is 5.11 Å². The Kier molecular flexibility index (Phi) is 5.16. The lowest BCUT2D eigenvalue weighted by atomic mass is 10.00. The number of halogens is 2. The van der Waals surface area contributed by atoms with E-state index in [1.165, 1.54) is 17.2 Å². The molecule has 0 aliphatic heterocycles. The molecule has 0 fully saturated rings. The molecule has 0 amide bonds. The van der Waals surface area contributed by atoms with E-state index in [1.807, 2.05) is 25.1 Å². The molecular formula is C17H18ClFO. The van der Waals surface area contributed by atoms with Gasteiger partial charge >= 0.3 is 0 Å². The minimum absolute atomic E-state index is 0.247. The molecule has 0 bridgehead atoms. The van der Waals surface area contributed by atoms with Crippen molar-refractivity contribution in [1.82, 2.24) is 0 Å². The Balaban J connectivity index is 1.94. The van der Waals surface area contributed by atoms with Gasteiger partial charge in [-0.25, -0.2) is 4.39 Å². The fourth-order valence-corrected chi connectivity index (χ4v) is 2.51. The third-order valence-electron chi connectivity index (χ3n) is 3.35. The maximum atomic E-state index is 13.6. The molecule has 1 unspecified atom stereocenters. The van der Waals surface area contributed by atoms with Crippen LogP contribution < -0.4 is 0 Å². The number of aliphatic hydroxyl groups excluding tert-OH is 1. The van der Waals surface area contributed by atoms with Crippen LogP contribution in [0.5, 0.6) is 0 Å². The SMILES string of the molecule is Cc1cccc(CCC(O)Cc2c(F)cccc2Cl)c1. The third-order valence-corrected chi connectivity index (χ3v) is 3.70. The van der Waals surface area contributed by atoms with Crippen LogP contribution in [0.15, 0.2) is 42.5 Å². The van der Waals surface area contributed by atoms with Gasteiger partial charge in [0.2, 0.25) is 0 Å². The van der Waals surface area contributed by atoms with Crippen molar-refractivity contribution in [1.29, 1.82) is 0 Å². The van der Waals surface area contributed by atoms with E-state index in [0.717, 1.165) is 6.42 Å². The molecule has 0 radical (unpaired) electrons. The van der Waals surface area contributed by atoms with Gasteiger partial charge in [-0.15, -0.1) is 0 Å². The second-order valence-electron chi connectivity index (χ2n) is 5.09. The summed E-state index contributed by atoms with van der Waals surface area (Å²) in [4.78, 5) is 0. The number of aliphatic hydroxyl groups is 1. The number of aryl methyl sites for hydroxylation is 2. The Morgan fingerprint density at radius 1 is 1.20 bits per heavy atom. The quantitative estimate of drug-likeness (QED) is 0.870. The summed E-state index contributed by atoms with van der Waals surface area (Å²) >= 11 is 5.96. The molecule has 2 aromatic carbocycles. The summed E-state index contributed by atoms with van der Waals surface area (Å²) < 4.78 is 13.6. The Morgan fingerprint density at radius 3 is 2.65 bits per heavy atom. The zero-order valence-electron chi connectivity index (χ0n) is 11.4. The zero-order chi connectivity index (χ0) is 14.5. The number of rotatable bonds is 5. The summed E-state index contributed by atoms with van der Waals surface area (Å²) in [6.07, 6.45) is 1.02. The fourth-order valence-electron chi connectivity index (χ4n) is 2.27. The molecule has 0 heterocycles. The first-order valence-electron chi connectivity index (χ1n) is 6.73. The minimum Gasteiger partial charge on any atom is -0.393 e. The van der Waals surface area contributed by atoms with E-state index in [1.54, 1.807) is 12.1 Å². The predicted octanol–water partition coefficient (Wildman–Crippen LogP) is 4.32. The first-order chi connectivity index (χ1) is 9.56. The molecular weight excluding hydrogens is 275 g/mol. The number of benzene rings is 2. The van der Waals surface area contributed by atoms with Crippen LogP contribution in [-0.4, -0.2) is 11.2 Å². The molecule has 1 nitrogen and oxygen atoms in total. The van der Waals surface area contributed by atoms with Gasteiger partial charge in [-0.1, -0.05) is 47.5 Å². The smallest absolute Gasteiger partial charge is 0.127 e. The van der Waals surface area contributed by atoms with E-state index in [2.05, 4.69) is 6.07 Å². The Hall–Kier alpha value is -1.38. The standard InChI is InChI=1S/C17H18ClFO/c1-12-4-2-5-13(10-12)8-9-14(20)11-15-16(18)6-3-7-17(15)19/h2-7,10,14,20H,8-9,11H2,1H3. The molecule has 1 atom stereocenters. The van der Waals surface area contributed by atoms with Crippen molar-refractivity contribution in [3.05, 3.63) is 70.0 Å². The maximum absolute atomic E-state index is 13.6. The van der Waals surface area contributed by atoms with E-state index >= 15 is 0 Å². The summed E-state index contributed by atoms with van der Waals surface area (Å²) in [6.45, 7) is 2.04. The first kappa shape index (κ1) is 15.0. The van der Waals surface area contributed by atoms with Crippen LogP contribution in [0, 0.1) is 12.7 Å². The monoisotopic (exact) mass is 292 g/mol. The topological polar surface area (TPSA) is 20.2 Å². The molecule has 2 aromatic rings. The summed E-state index contributed by atoms with van der Waals surface area (Å²) in [6, 6.07) is 12.8. The number of hydrogen-bond donors (Lipinski definition) is 1. The normalized spacial score (nSPS) is 12.4. The van der Waals surface area contributed by atoms with Crippen LogP contribution in [-0.2, 0) is 12.8 Å². The van der Waals surface area contributed by atoms with E-state index < -0.39 is 6.10 Å². The highest BCUT2D eigenvalue weighted by Gasteiger charge is 2.12. The third kappa shape index (κ3) is 4.06. The second kappa shape index (κ2) is 6.87. The van der Waals surface area contributed by atoms with E-state index in [4.69, 9.17) is 11.6 Å².